The van der Waals surface area contributed by atoms with E-state index in [1.54, 1.807) is 0 Å². The Kier molecular flexibility index (Phi) is 4.51. The third-order valence-electron chi connectivity index (χ3n) is 2.37. The van der Waals surface area contributed by atoms with Crippen LogP contribution in [0, 0.1) is 0 Å². The third kappa shape index (κ3) is 4.06. The summed E-state index contributed by atoms with van der Waals surface area (Å²) < 4.78 is 30.2. The number of sulfonamides is 1. The molecule has 2 N–H and O–H groups in total. The van der Waals surface area contributed by atoms with Crippen molar-refractivity contribution < 1.29 is 13.2 Å². The fourth-order valence-electron chi connectivity index (χ4n) is 1.52. The SMILES string of the molecule is CC(C)OCCS(=O)(=O)N1CCC(N)C1. The van der Waals surface area contributed by atoms with Gasteiger partial charge < -0.3 is 10.5 Å². The van der Waals surface area contributed by atoms with E-state index in [1.165, 1.54) is 4.31 Å². The molecule has 0 saturated carbocycles. The molecular formula is C9H20N2O3S. The second-order valence-corrected chi connectivity index (χ2v) is 6.23. The zero-order valence-corrected chi connectivity index (χ0v) is 10.2. The average Bonchev–Trinajstić information content (AvgIpc) is 2.51. The van der Waals surface area contributed by atoms with Crippen LogP contribution >= 0.6 is 0 Å². The monoisotopic (exact) mass is 236 g/mol. The van der Waals surface area contributed by atoms with Crippen molar-refractivity contribution in [2.24, 2.45) is 5.73 Å². The van der Waals surface area contributed by atoms with Crippen LogP contribution in [0.15, 0.2) is 0 Å². The summed E-state index contributed by atoms with van der Waals surface area (Å²) in [6.07, 6.45) is 0.825. The summed E-state index contributed by atoms with van der Waals surface area (Å²) in [7, 11) is -3.16. The first-order valence-corrected chi connectivity index (χ1v) is 6.88. The third-order valence-corrected chi connectivity index (χ3v) is 4.17. The maximum Gasteiger partial charge on any atom is 0.216 e. The molecule has 90 valence electrons. The van der Waals surface area contributed by atoms with E-state index in [0.717, 1.165) is 6.42 Å². The summed E-state index contributed by atoms with van der Waals surface area (Å²) in [5.41, 5.74) is 5.66. The van der Waals surface area contributed by atoms with E-state index >= 15 is 0 Å². The first-order chi connectivity index (χ1) is 6.92. The largest absolute Gasteiger partial charge is 0.378 e. The molecule has 1 aliphatic rings. The van der Waals surface area contributed by atoms with E-state index in [-0.39, 0.29) is 24.5 Å². The molecule has 1 heterocycles. The predicted molar refractivity (Wildman–Crippen MR) is 59.0 cm³/mol. The summed E-state index contributed by atoms with van der Waals surface area (Å²) in [5, 5.41) is 0. The van der Waals surface area contributed by atoms with Crippen molar-refractivity contribution in [2.45, 2.75) is 32.4 Å². The molecule has 5 nitrogen and oxygen atoms in total. The fraction of sp³-hybridized carbons (Fsp3) is 1.00. The minimum atomic E-state index is -3.16. The molecule has 1 unspecified atom stereocenters. The Morgan fingerprint density at radius 3 is 2.67 bits per heavy atom. The van der Waals surface area contributed by atoms with Crippen LogP contribution in [0.1, 0.15) is 20.3 Å². The van der Waals surface area contributed by atoms with Crippen LogP contribution in [0.3, 0.4) is 0 Å². The minimum absolute atomic E-state index is 0.00853. The lowest BCUT2D eigenvalue weighted by atomic mass is 10.3. The van der Waals surface area contributed by atoms with Crippen LogP contribution in [0.4, 0.5) is 0 Å². The number of nitrogens with zero attached hydrogens (tertiary/aromatic N) is 1. The van der Waals surface area contributed by atoms with Crippen LogP contribution in [0.2, 0.25) is 0 Å². The second-order valence-electron chi connectivity index (χ2n) is 4.14. The van der Waals surface area contributed by atoms with E-state index in [2.05, 4.69) is 0 Å². The van der Waals surface area contributed by atoms with E-state index in [9.17, 15) is 8.42 Å². The van der Waals surface area contributed by atoms with Gasteiger partial charge in [0.15, 0.2) is 0 Å². The molecule has 15 heavy (non-hydrogen) atoms. The number of rotatable bonds is 5. The Balaban J connectivity index is 2.38. The van der Waals surface area contributed by atoms with Crippen LogP contribution < -0.4 is 5.73 Å². The molecule has 0 spiro atoms. The standard InChI is InChI=1S/C9H20N2O3S/c1-8(2)14-5-6-15(12,13)11-4-3-9(10)7-11/h8-9H,3-7,10H2,1-2H3. The van der Waals surface area contributed by atoms with E-state index < -0.39 is 10.0 Å². The Bertz CT molecular complexity index is 290. The molecule has 1 fully saturated rings. The van der Waals surface area contributed by atoms with Gasteiger partial charge in [0.1, 0.15) is 0 Å². The molecule has 1 atom stereocenters. The summed E-state index contributed by atoms with van der Waals surface area (Å²) in [6, 6.07) is -0.00853. The fourth-order valence-corrected chi connectivity index (χ4v) is 2.89. The zero-order chi connectivity index (χ0) is 11.5. The van der Waals surface area contributed by atoms with Gasteiger partial charge in [0.2, 0.25) is 10.0 Å². The van der Waals surface area contributed by atoms with Gasteiger partial charge in [-0.3, -0.25) is 0 Å². The summed E-state index contributed by atoms with van der Waals surface area (Å²) >= 11 is 0. The molecule has 0 radical (unpaired) electrons. The van der Waals surface area contributed by atoms with E-state index in [1.807, 2.05) is 13.8 Å². The highest BCUT2D eigenvalue weighted by Gasteiger charge is 2.29. The molecule has 0 aromatic rings. The van der Waals surface area contributed by atoms with Crippen LogP contribution in [0.5, 0.6) is 0 Å². The van der Waals surface area contributed by atoms with Crippen LogP contribution in [-0.4, -0.2) is 50.3 Å². The Labute approximate surface area is 91.6 Å². The van der Waals surface area contributed by atoms with Gasteiger partial charge in [-0.05, 0) is 20.3 Å². The normalized spacial score (nSPS) is 23.9. The maximum atomic E-state index is 11.8. The van der Waals surface area contributed by atoms with Crippen molar-refractivity contribution in [3.63, 3.8) is 0 Å². The smallest absolute Gasteiger partial charge is 0.216 e. The molecule has 0 aromatic heterocycles. The van der Waals surface area contributed by atoms with Crippen molar-refractivity contribution in [2.75, 3.05) is 25.4 Å². The van der Waals surface area contributed by atoms with Crippen molar-refractivity contribution in [1.29, 1.82) is 0 Å². The van der Waals surface area contributed by atoms with Crippen molar-refractivity contribution in [3.8, 4) is 0 Å². The lowest BCUT2D eigenvalue weighted by molar-refractivity contribution is 0.0907. The highest BCUT2D eigenvalue weighted by molar-refractivity contribution is 7.89. The molecule has 1 aliphatic heterocycles. The van der Waals surface area contributed by atoms with Crippen LogP contribution in [0.25, 0.3) is 0 Å². The number of ether oxygens (including phenoxy) is 1. The molecular weight excluding hydrogens is 216 g/mol. The van der Waals surface area contributed by atoms with Crippen LogP contribution in [-0.2, 0) is 14.8 Å². The van der Waals surface area contributed by atoms with Gasteiger partial charge in [-0.2, -0.15) is 0 Å². The quantitative estimate of drug-likeness (QED) is 0.716. The summed E-state index contributed by atoms with van der Waals surface area (Å²) in [6.45, 7) is 5.03. The molecule has 6 heteroatoms. The Morgan fingerprint density at radius 2 is 2.20 bits per heavy atom. The molecule has 1 rings (SSSR count). The predicted octanol–water partition coefficient (Wildman–Crippen LogP) is -0.226. The average molecular weight is 236 g/mol. The first-order valence-electron chi connectivity index (χ1n) is 5.27. The van der Waals surface area contributed by atoms with Gasteiger partial charge >= 0.3 is 0 Å². The van der Waals surface area contributed by atoms with E-state index in [0.29, 0.717) is 13.1 Å². The highest BCUT2D eigenvalue weighted by Crippen LogP contribution is 2.12. The summed E-state index contributed by atoms with van der Waals surface area (Å²) in [5.74, 6) is 0.0535. The van der Waals surface area contributed by atoms with Crippen molar-refractivity contribution in [3.05, 3.63) is 0 Å². The number of nitrogens with two attached hydrogens (primary N) is 1. The van der Waals surface area contributed by atoms with Gasteiger partial charge in [0.05, 0.1) is 18.5 Å². The molecule has 0 aliphatic carbocycles. The number of hydrogen-bond acceptors (Lipinski definition) is 4. The molecule has 0 bridgehead atoms. The zero-order valence-electron chi connectivity index (χ0n) is 9.35. The Hall–Kier alpha value is -0.170. The van der Waals surface area contributed by atoms with Crippen molar-refractivity contribution in [1.82, 2.24) is 4.31 Å². The van der Waals surface area contributed by atoms with Gasteiger partial charge in [0, 0.05) is 19.1 Å². The van der Waals surface area contributed by atoms with Gasteiger partial charge in [-0.25, -0.2) is 12.7 Å². The lowest BCUT2D eigenvalue weighted by Gasteiger charge is -2.16. The molecule has 0 amide bonds. The van der Waals surface area contributed by atoms with Gasteiger partial charge in [-0.1, -0.05) is 0 Å². The number of hydrogen-bond donors (Lipinski definition) is 1. The van der Waals surface area contributed by atoms with Gasteiger partial charge in [0.25, 0.3) is 0 Å². The molecule has 1 saturated heterocycles. The molecule has 0 aromatic carbocycles. The lowest BCUT2D eigenvalue weighted by Crippen LogP contribution is -2.35. The van der Waals surface area contributed by atoms with E-state index in [4.69, 9.17) is 10.5 Å². The van der Waals surface area contributed by atoms with Gasteiger partial charge in [-0.15, -0.1) is 0 Å². The highest BCUT2D eigenvalue weighted by atomic mass is 32.2. The minimum Gasteiger partial charge on any atom is -0.378 e. The Morgan fingerprint density at radius 1 is 1.53 bits per heavy atom. The van der Waals surface area contributed by atoms with Crippen molar-refractivity contribution >= 4 is 10.0 Å². The maximum absolute atomic E-state index is 11.8. The summed E-state index contributed by atoms with van der Waals surface area (Å²) in [4.78, 5) is 0. The second kappa shape index (κ2) is 5.25. The first kappa shape index (κ1) is 12.9. The topological polar surface area (TPSA) is 72.6 Å².